The summed E-state index contributed by atoms with van der Waals surface area (Å²) < 4.78 is 0. The van der Waals surface area contributed by atoms with Crippen LogP contribution in [0.25, 0.3) is 0 Å². The van der Waals surface area contributed by atoms with Crippen LogP contribution in [-0.4, -0.2) is 42.4 Å². The molecular weight excluding hydrogens is 282 g/mol. The fraction of sp³-hybridized carbons (Fsp3) is 1.00. The van der Waals surface area contributed by atoms with Gasteiger partial charge in [-0.2, -0.15) is 11.8 Å². The minimum absolute atomic E-state index is 1.17. The van der Waals surface area contributed by atoms with Gasteiger partial charge in [0.2, 0.25) is 0 Å². The molecule has 0 amide bonds. The number of halogens is 1. The molecule has 0 unspecified atom stereocenters. The minimum Gasteiger partial charge on any atom is -0.306 e. The molecule has 0 bridgehead atoms. The fourth-order valence-electron chi connectivity index (χ4n) is 1.72. The van der Waals surface area contributed by atoms with Gasteiger partial charge in [-0.3, -0.25) is 0 Å². The third-order valence-corrected chi connectivity index (χ3v) is 4.00. The largest absolute Gasteiger partial charge is 0.306 e. The number of hydrogen-bond donors (Lipinski definition) is 0. The number of unbranched alkanes of at least 4 members (excludes halogenated alkanes) is 6. The van der Waals surface area contributed by atoms with E-state index in [2.05, 4.69) is 34.1 Å². The van der Waals surface area contributed by atoms with Crippen molar-refractivity contribution in [3.63, 3.8) is 0 Å². The average Bonchev–Trinajstić information content (AvgIpc) is 2.30. The van der Waals surface area contributed by atoms with Crippen molar-refractivity contribution in [3.8, 4) is 0 Å². The molecule has 0 aromatic rings. The summed E-state index contributed by atoms with van der Waals surface area (Å²) in [5, 5.41) is 1.17. The standard InChI is InChI=1S/C13H28BrNS/c1-15(12-13-16-2)11-9-7-5-3-4-6-8-10-14/h3-13H2,1-2H3. The highest BCUT2D eigenvalue weighted by atomic mass is 79.9. The van der Waals surface area contributed by atoms with Gasteiger partial charge < -0.3 is 4.90 Å². The summed E-state index contributed by atoms with van der Waals surface area (Å²) in [6.45, 7) is 2.52. The predicted molar refractivity (Wildman–Crippen MR) is 82.0 cm³/mol. The Labute approximate surface area is 115 Å². The molecule has 0 aromatic carbocycles. The summed E-state index contributed by atoms with van der Waals surface area (Å²) in [7, 11) is 2.24. The van der Waals surface area contributed by atoms with Gasteiger partial charge in [0.15, 0.2) is 0 Å². The van der Waals surface area contributed by atoms with Crippen molar-refractivity contribution >= 4 is 27.7 Å². The molecule has 0 aliphatic carbocycles. The first-order chi connectivity index (χ1) is 7.81. The van der Waals surface area contributed by atoms with Gasteiger partial charge in [-0.05, 0) is 32.7 Å². The van der Waals surface area contributed by atoms with E-state index in [-0.39, 0.29) is 0 Å². The fourth-order valence-corrected chi connectivity index (χ4v) is 2.61. The average molecular weight is 310 g/mol. The Balaban J connectivity index is 3.02. The molecule has 0 rings (SSSR count). The highest BCUT2D eigenvalue weighted by molar-refractivity contribution is 9.09. The van der Waals surface area contributed by atoms with E-state index in [9.17, 15) is 0 Å². The molecule has 0 fully saturated rings. The summed E-state index contributed by atoms with van der Waals surface area (Å²) in [5.41, 5.74) is 0. The van der Waals surface area contributed by atoms with Crippen molar-refractivity contribution in [2.45, 2.75) is 44.9 Å². The zero-order chi connectivity index (χ0) is 12.1. The second-order valence-electron chi connectivity index (χ2n) is 4.46. The van der Waals surface area contributed by atoms with Crippen LogP contribution in [0.1, 0.15) is 44.9 Å². The van der Waals surface area contributed by atoms with E-state index in [1.165, 1.54) is 69.1 Å². The van der Waals surface area contributed by atoms with E-state index in [0.29, 0.717) is 0 Å². The number of hydrogen-bond acceptors (Lipinski definition) is 2. The van der Waals surface area contributed by atoms with Gasteiger partial charge in [0, 0.05) is 17.6 Å². The maximum atomic E-state index is 3.47. The molecule has 0 heterocycles. The molecule has 1 nitrogen and oxygen atoms in total. The summed E-state index contributed by atoms with van der Waals surface area (Å²) in [6.07, 6.45) is 12.0. The second kappa shape index (κ2) is 13.9. The van der Waals surface area contributed by atoms with Gasteiger partial charge in [0.05, 0.1) is 0 Å². The van der Waals surface area contributed by atoms with Gasteiger partial charge in [0.1, 0.15) is 0 Å². The Kier molecular flexibility index (Phi) is 14.5. The molecule has 0 spiro atoms. The molecule has 0 saturated heterocycles. The van der Waals surface area contributed by atoms with E-state index in [1.54, 1.807) is 0 Å². The Morgan fingerprint density at radius 1 is 0.875 bits per heavy atom. The molecule has 0 radical (unpaired) electrons. The van der Waals surface area contributed by atoms with Crippen molar-refractivity contribution in [2.75, 3.05) is 37.5 Å². The van der Waals surface area contributed by atoms with Gasteiger partial charge in [0.25, 0.3) is 0 Å². The van der Waals surface area contributed by atoms with Crippen molar-refractivity contribution in [1.82, 2.24) is 4.90 Å². The lowest BCUT2D eigenvalue weighted by Crippen LogP contribution is -2.22. The smallest absolute Gasteiger partial charge is 0.00692 e. The Bertz CT molecular complexity index is 133. The summed E-state index contributed by atoms with van der Waals surface area (Å²) >= 11 is 5.41. The third kappa shape index (κ3) is 12.9. The molecule has 0 aromatic heterocycles. The van der Waals surface area contributed by atoms with Crippen LogP contribution in [-0.2, 0) is 0 Å². The van der Waals surface area contributed by atoms with Crippen LogP contribution in [0.4, 0.5) is 0 Å². The monoisotopic (exact) mass is 309 g/mol. The topological polar surface area (TPSA) is 3.24 Å². The highest BCUT2D eigenvalue weighted by Gasteiger charge is 1.97. The van der Waals surface area contributed by atoms with Crippen molar-refractivity contribution < 1.29 is 0 Å². The Morgan fingerprint density at radius 3 is 2.00 bits per heavy atom. The molecule has 98 valence electrons. The molecule has 0 saturated carbocycles. The van der Waals surface area contributed by atoms with E-state index >= 15 is 0 Å². The Hall–Kier alpha value is 0.790. The lowest BCUT2D eigenvalue weighted by atomic mass is 10.1. The van der Waals surface area contributed by atoms with E-state index in [0.717, 1.165) is 0 Å². The molecule has 0 aliphatic heterocycles. The minimum atomic E-state index is 1.17. The SMILES string of the molecule is CSCCN(C)CCCCCCCCCBr. The number of alkyl halides is 1. The summed E-state index contributed by atoms with van der Waals surface area (Å²) in [4.78, 5) is 2.46. The first-order valence-electron chi connectivity index (χ1n) is 6.54. The maximum Gasteiger partial charge on any atom is 0.00692 e. The second-order valence-corrected chi connectivity index (χ2v) is 6.24. The van der Waals surface area contributed by atoms with Crippen LogP contribution in [0, 0.1) is 0 Å². The lowest BCUT2D eigenvalue weighted by molar-refractivity contribution is 0.343. The quantitative estimate of drug-likeness (QED) is 0.388. The summed E-state index contributed by atoms with van der Waals surface area (Å²) in [5.74, 6) is 1.27. The first kappa shape index (κ1) is 16.8. The van der Waals surface area contributed by atoms with Crippen LogP contribution < -0.4 is 0 Å². The number of nitrogens with zero attached hydrogens (tertiary/aromatic N) is 1. The van der Waals surface area contributed by atoms with Gasteiger partial charge in [-0.1, -0.05) is 48.0 Å². The first-order valence-corrected chi connectivity index (χ1v) is 9.06. The lowest BCUT2D eigenvalue weighted by Gasteiger charge is -2.15. The predicted octanol–water partition coefficient (Wildman–Crippen LogP) is 4.41. The van der Waals surface area contributed by atoms with Crippen molar-refractivity contribution in [2.24, 2.45) is 0 Å². The highest BCUT2D eigenvalue weighted by Crippen LogP contribution is 2.08. The maximum absolute atomic E-state index is 3.47. The molecular formula is C13H28BrNS. The van der Waals surface area contributed by atoms with E-state index < -0.39 is 0 Å². The number of rotatable bonds is 12. The van der Waals surface area contributed by atoms with Crippen LogP contribution in [0.3, 0.4) is 0 Å². The number of thioether (sulfide) groups is 1. The molecule has 0 N–H and O–H groups in total. The Morgan fingerprint density at radius 2 is 1.44 bits per heavy atom. The zero-order valence-corrected chi connectivity index (χ0v) is 13.4. The van der Waals surface area contributed by atoms with Crippen molar-refractivity contribution in [1.29, 1.82) is 0 Å². The molecule has 0 aliphatic rings. The molecule has 0 atom stereocenters. The van der Waals surface area contributed by atoms with Crippen LogP contribution in [0.15, 0.2) is 0 Å². The van der Waals surface area contributed by atoms with Gasteiger partial charge in [-0.15, -0.1) is 0 Å². The van der Waals surface area contributed by atoms with Crippen molar-refractivity contribution in [3.05, 3.63) is 0 Å². The normalized spacial score (nSPS) is 11.2. The van der Waals surface area contributed by atoms with Crippen LogP contribution in [0.2, 0.25) is 0 Å². The molecule has 3 heteroatoms. The summed E-state index contributed by atoms with van der Waals surface area (Å²) in [6, 6.07) is 0. The van der Waals surface area contributed by atoms with Gasteiger partial charge in [-0.25, -0.2) is 0 Å². The zero-order valence-electron chi connectivity index (χ0n) is 11.0. The van der Waals surface area contributed by atoms with E-state index in [1.807, 2.05) is 11.8 Å². The van der Waals surface area contributed by atoms with Crippen LogP contribution >= 0.6 is 27.7 Å². The van der Waals surface area contributed by atoms with Gasteiger partial charge >= 0.3 is 0 Å². The van der Waals surface area contributed by atoms with E-state index in [4.69, 9.17) is 0 Å². The van der Waals surface area contributed by atoms with Crippen LogP contribution in [0.5, 0.6) is 0 Å². The molecule has 16 heavy (non-hydrogen) atoms. The third-order valence-electron chi connectivity index (χ3n) is 2.85.